The third kappa shape index (κ3) is 5.45. The molecule has 0 bridgehead atoms. The lowest BCUT2D eigenvalue weighted by atomic mass is 9.83. The molecule has 1 fully saturated rings. The van der Waals surface area contributed by atoms with Crippen LogP contribution in [-0.4, -0.2) is 40.6 Å². The second-order valence-electron chi connectivity index (χ2n) is 10.3. The summed E-state index contributed by atoms with van der Waals surface area (Å²) in [6.45, 7) is 5.71. The third-order valence-electron chi connectivity index (χ3n) is 7.87. The normalized spacial score (nSPS) is 19.2. The molecule has 3 atom stereocenters. The van der Waals surface area contributed by atoms with Crippen molar-refractivity contribution in [2.24, 2.45) is 5.92 Å². The van der Waals surface area contributed by atoms with Gasteiger partial charge in [0.15, 0.2) is 0 Å². The Balaban J connectivity index is 1.42. The van der Waals surface area contributed by atoms with Crippen LogP contribution in [-0.2, 0) is 20.9 Å². The van der Waals surface area contributed by atoms with Crippen LogP contribution in [0.5, 0.6) is 0 Å². The van der Waals surface area contributed by atoms with E-state index in [0.29, 0.717) is 21.3 Å². The van der Waals surface area contributed by atoms with Gasteiger partial charge in [0, 0.05) is 39.7 Å². The van der Waals surface area contributed by atoms with Crippen molar-refractivity contribution in [1.29, 1.82) is 0 Å². The third-order valence-corrected chi connectivity index (χ3v) is 11.0. The molecule has 2 aliphatic rings. The first-order valence-electron chi connectivity index (χ1n) is 14.0. The minimum Gasteiger partial charge on any atom is -0.372 e. The van der Waals surface area contributed by atoms with E-state index in [4.69, 9.17) is 0 Å². The average molecular weight is 678 g/mol. The summed E-state index contributed by atoms with van der Waals surface area (Å²) in [5.41, 5.74) is 3.05. The molecule has 3 aromatic carbocycles. The summed E-state index contributed by atoms with van der Waals surface area (Å²) in [6, 6.07) is 24.2. The maximum atomic E-state index is 14.1. The summed E-state index contributed by atoms with van der Waals surface area (Å²) in [4.78, 5) is 58.3. The van der Waals surface area contributed by atoms with Crippen LogP contribution >= 0.6 is 39.0 Å². The van der Waals surface area contributed by atoms with Crippen LogP contribution in [0, 0.1) is 5.92 Å². The summed E-state index contributed by atoms with van der Waals surface area (Å²) in [5, 5.41) is 2.66. The Hall–Kier alpha value is -3.67. The summed E-state index contributed by atoms with van der Waals surface area (Å²) in [6.07, 6.45) is 0. The second kappa shape index (κ2) is 12.1. The highest BCUT2D eigenvalue weighted by molar-refractivity contribution is 9.10. The molecule has 3 unspecified atom stereocenters. The number of nitrogens with zero attached hydrogens (tertiary/aromatic N) is 3. The van der Waals surface area contributed by atoms with Gasteiger partial charge in [0.2, 0.25) is 17.7 Å². The number of halogens is 1. The molecule has 220 valence electrons. The van der Waals surface area contributed by atoms with E-state index in [9.17, 15) is 19.2 Å². The number of thioether (sulfide) groups is 1. The molecule has 3 heterocycles. The average Bonchev–Trinajstić information content (AvgIpc) is 3.45. The standard InChI is InChI=1S/C32H29BrN4O4S2/c1-3-35(4-2)22-14-10-19(11-15-22)25-26-27(30(40)37(29(26)39)23-16-12-20(33)13-17-23)42-31-28(25)43-32(41)36(31)18-24(38)34-21-8-6-5-7-9-21/h5-17,25-27H,3-4,18H2,1-2H3,(H,34,38). The van der Waals surface area contributed by atoms with Crippen molar-refractivity contribution in [1.82, 2.24) is 4.57 Å². The second-order valence-corrected chi connectivity index (χ2v) is 13.4. The molecule has 43 heavy (non-hydrogen) atoms. The maximum Gasteiger partial charge on any atom is 0.308 e. The first kappa shape index (κ1) is 29.4. The molecule has 1 saturated heterocycles. The van der Waals surface area contributed by atoms with Crippen molar-refractivity contribution in [3.63, 3.8) is 0 Å². The van der Waals surface area contributed by atoms with E-state index < -0.39 is 17.1 Å². The van der Waals surface area contributed by atoms with Gasteiger partial charge in [0.05, 0.1) is 16.6 Å². The lowest BCUT2D eigenvalue weighted by Gasteiger charge is -2.31. The van der Waals surface area contributed by atoms with Crippen molar-refractivity contribution >= 4 is 73.8 Å². The van der Waals surface area contributed by atoms with Gasteiger partial charge in [0.25, 0.3) is 0 Å². The fourth-order valence-corrected chi connectivity index (χ4v) is 8.84. The Morgan fingerprint density at radius 1 is 0.907 bits per heavy atom. The molecule has 11 heteroatoms. The van der Waals surface area contributed by atoms with Gasteiger partial charge in [-0.05, 0) is 67.9 Å². The smallest absolute Gasteiger partial charge is 0.308 e. The van der Waals surface area contributed by atoms with Crippen molar-refractivity contribution in [2.45, 2.75) is 36.6 Å². The van der Waals surface area contributed by atoms with E-state index in [1.54, 1.807) is 36.4 Å². The zero-order chi connectivity index (χ0) is 30.2. The monoisotopic (exact) mass is 676 g/mol. The Labute approximate surface area is 265 Å². The number of aromatic nitrogens is 1. The minimum atomic E-state index is -0.742. The highest BCUT2D eigenvalue weighted by atomic mass is 79.9. The zero-order valence-electron chi connectivity index (χ0n) is 23.5. The Morgan fingerprint density at radius 2 is 1.58 bits per heavy atom. The first-order chi connectivity index (χ1) is 20.8. The quantitative estimate of drug-likeness (QED) is 0.232. The van der Waals surface area contributed by atoms with E-state index in [1.807, 2.05) is 42.5 Å². The van der Waals surface area contributed by atoms with Gasteiger partial charge in [0.1, 0.15) is 11.8 Å². The number of thiazole rings is 1. The molecule has 6 rings (SSSR count). The number of anilines is 3. The molecule has 8 nitrogen and oxygen atoms in total. The van der Waals surface area contributed by atoms with Gasteiger partial charge in [-0.1, -0.05) is 69.4 Å². The summed E-state index contributed by atoms with van der Waals surface area (Å²) in [7, 11) is 0. The topological polar surface area (TPSA) is 91.7 Å². The number of hydrogen-bond donors (Lipinski definition) is 1. The Kier molecular flexibility index (Phi) is 8.30. The van der Waals surface area contributed by atoms with Crippen molar-refractivity contribution in [2.75, 3.05) is 28.2 Å². The molecule has 4 aromatic rings. The molecule has 3 amide bonds. The molecule has 0 aliphatic carbocycles. The number of carbonyl (C=O) groups is 3. The van der Waals surface area contributed by atoms with Crippen LogP contribution in [0.1, 0.15) is 30.2 Å². The van der Waals surface area contributed by atoms with Gasteiger partial charge < -0.3 is 10.2 Å². The van der Waals surface area contributed by atoms with Crippen LogP contribution in [0.2, 0.25) is 0 Å². The van der Waals surface area contributed by atoms with Crippen molar-refractivity contribution in [3.8, 4) is 0 Å². The van der Waals surface area contributed by atoms with E-state index in [0.717, 1.165) is 40.1 Å². The van der Waals surface area contributed by atoms with E-state index in [2.05, 4.69) is 40.0 Å². The summed E-state index contributed by atoms with van der Waals surface area (Å²) < 4.78 is 2.28. The molecule has 1 aromatic heterocycles. The number of hydrogen-bond acceptors (Lipinski definition) is 7. The maximum absolute atomic E-state index is 14.1. The van der Waals surface area contributed by atoms with Crippen LogP contribution in [0.15, 0.2) is 93.2 Å². The van der Waals surface area contributed by atoms with Crippen molar-refractivity contribution < 1.29 is 14.4 Å². The highest BCUT2D eigenvalue weighted by Gasteiger charge is 2.56. The van der Waals surface area contributed by atoms with Crippen LogP contribution in [0.25, 0.3) is 0 Å². The predicted molar refractivity (Wildman–Crippen MR) is 175 cm³/mol. The number of imide groups is 1. The van der Waals surface area contributed by atoms with Crippen molar-refractivity contribution in [3.05, 3.63) is 103 Å². The SMILES string of the molecule is CCN(CC)c1ccc(C2c3sc(=O)n(CC(=O)Nc4ccccc4)c3SC3C(=O)N(c4ccc(Br)cc4)C(=O)C32)cc1. The largest absolute Gasteiger partial charge is 0.372 e. The number of nitrogens with one attached hydrogen (secondary N) is 1. The number of para-hydroxylation sites is 1. The van der Waals surface area contributed by atoms with Gasteiger partial charge in [-0.3, -0.25) is 23.7 Å². The molecule has 2 aliphatic heterocycles. The Morgan fingerprint density at radius 3 is 2.23 bits per heavy atom. The fourth-order valence-electron chi connectivity index (χ4n) is 5.81. The fraction of sp³-hybridized carbons (Fsp3) is 0.250. The van der Waals surface area contributed by atoms with E-state index >= 15 is 0 Å². The van der Waals surface area contributed by atoms with Gasteiger partial charge >= 0.3 is 4.87 Å². The highest BCUT2D eigenvalue weighted by Crippen LogP contribution is 2.54. The number of benzene rings is 3. The lowest BCUT2D eigenvalue weighted by molar-refractivity contribution is -0.122. The first-order valence-corrected chi connectivity index (χ1v) is 16.5. The lowest BCUT2D eigenvalue weighted by Crippen LogP contribution is -2.33. The summed E-state index contributed by atoms with van der Waals surface area (Å²) >= 11 is 5.68. The number of carbonyl (C=O) groups excluding carboxylic acids is 3. The van der Waals surface area contributed by atoms with E-state index in [1.165, 1.54) is 21.2 Å². The number of fused-ring (bicyclic) bond motifs is 2. The summed E-state index contributed by atoms with van der Waals surface area (Å²) in [5.74, 6) is -2.17. The van der Waals surface area contributed by atoms with Crippen LogP contribution in [0.4, 0.5) is 17.1 Å². The minimum absolute atomic E-state index is 0.198. The van der Waals surface area contributed by atoms with E-state index in [-0.39, 0.29) is 29.1 Å². The van der Waals surface area contributed by atoms with Crippen LogP contribution < -0.4 is 20.0 Å². The predicted octanol–water partition coefficient (Wildman–Crippen LogP) is 5.95. The molecular formula is C32H29BrN4O4S2. The van der Waals surface area contributed by atoms with Crippen LogP contribution in [0.3, 0.4) is 0 Å². The molecule has 0 radical (unpaired) electrons. The van der Waals surface area contributed by atoms with Gasteiger partial charge in [-0.2, -0.15) is 0 Å². The zero-order valence-corrected chi connectivity index (χ0v) is 26.7. The number of rotatable bonds is 8. The van der Waals surface area contributed by atoms with Gasteiger partial charge in [-0.15, -0.1) is 0 Å². The molecular weight excluding hydrogens is 648 g/mol. The Bertz CT molecular complexity index is 1730. The molecule has 1 N–H and O–H groups in total. The van der Waals surface area contributed by atoms with Gasteiger partial charge in [-0.25, -0.2) is 4.90 Å². The molecule has 0 spiro atoms. The molecule has 0 saturated carbocycles. The number of amides is 3.